The zero-order chi connectivity index (χ0) is 10.3. The SMILES string of the molecule is CC#CCN(CC(N)=O)CC(=O)O. The molecule has 0 bridgehead atoms. The van der Waals surface area contributed by atoms with Crippen molar-refractivity contribution in [3.8, 4) is 11.8 Å². The summed E-state index contributed by atoms with van der Waals surface area (Å²) in [6, 6.07) is 0. The molecular formula is C8H12N2O3. The van der Waals surface area contributed by atoms with Gasteiger partial charge in [0.25, 0.3) is 0 Å². The Balaban J connectivity index is 4.07. The van der Waals surface area contributed by atoms with Crippen LogP contribution >= 0.6 is 0 Å². The molecule has 5 heteroatoms. The summed E-state index contributed by atoms with van der Waals surface area (Å²) in [6.07, 6.45) is 0. The van der Waals surface area contributed by atoms with Crippen molar-refractivity contribution in [2.24, 2.45) is 5.73 Å². The Bertz CT molecular complexity index is 236. The van der Waals surface area contributed by atoms with E-state index in [0.717, 1.165) is 0 Å². The Kier molecular flexibility index (Phi) is 5.32. The van der Waals surface area contributed by atoms with E-state index in [2.05, 4.69) is 11.8 Å². The third-order valence-electron chi connectivity index (χ3n) is 1.22. The number of carbonyl (C=O) groups excluding carboxylic acids is 1. The van der Waals surface area contributed by atoms with E-state index in [9.17, 15) is 9.59 Å². The molecule has 0 fully saturated rings. The maximum atomic E-state index is 10.5. The number of carbonyl (C=O) groups is 2. The third-order valence-corrected chi connectivity index (χ3v) is 1.22. The Hall–Kier alpha value is -1.54. The Morgan fingerprint density at radius 2 is 2.08 bits per heavy atom. The van der Waals surface area contributed by atoms with Crippen molar-refractivity contribution in [3.05, 3.63) is 0 Å². The van der Waals surface area contributed by atoms with Gasteiger partial charge in [-0.2, -0.15) is 0 Å². The quantitative estimate of drug-likeness (QED) is 0.530. The molecule has 0 aromatic carbocycles. The van der Waals surface area contributed by atoms with Crippen LogP contribution in [0.1, 0.15) is 6.92 Å². The van der Waals surface area contributed by atoms with Crippen molar-refractivity contribution in [3.63, 3.8) is 0 Å². The second-order valence-corrected chi connectivity index (χ2v) is 2.43. The second-order valence-electron chi connectivity index (χ2n) is 2.43. The summed E-state index contributed by atoms with van der Waals surface area (Å²) in [5.74, 6) is 3.71. The Labute approximate surface area is 76.5 Å². The highest BCUT2D eigenvalue weighted by atomic mass is 16.4. The minimum atomic E-state index is -1.00. The maximum Gasteiger partial charge on any atom is 0.317 e. The highest BCUT2D eigenvalue weighted by molar-refractivity contribution is 5.77. The van der Waals surface area contributed by atoms with Crippen molar-refractivity contribution >= 4 is 11.9 Å². The van der Waals surface area contributed by atoms with Crippen LogP contribution in [-0.2, 0) is 9.59 Å². The molecular weight excluding hydrogens is 172 g/mol. The van der Waals surface area contributed by atoms with Crippen LogP contribution in [-0.4, -0.2) is 41.5 Å². The lowest BCUT2D eigenvalue weighted by atomic mass is 10.4. The number of carboxylic acids is 1. The van der Waals surface area contributed by atoms with E-state index < -0.39 is 11.9 Å². The minimum absolute atomic E-state index is 0.0824. The first-order valence-electron chi connectivity index (χ1n) is 3.68. The van der Waals surface area contributed by atoms with Gasteiger partial charge in [-0.3, -0.25) is 14.5 Å². The molecule has 0 saturated heterocycles. The monoisotopic (exact) mass is 184 g/mol. The lowest BCUT2D eigenvalue weighted by Gasteiger charge is -2.14. The number of hydrogen-bond acceptors (Lipinski definition) is 3. The molecule has 0 spiro atoms. The number of hydrogen-bond donors (Lipinski definition) is 2. The number of carboxylic acid groups (broad SMARTS) is 1. The predicted molar refractivity (Wildman–Crippen MR) is 46.7 cm³/mol. The van der Waals surface area contributed by atoms with Gasteiger partial charge in [0.2, 0.25) is 5.91 Å². The Morgan fingerprint density at radius 1 is 1.46 bits per heavy atom. The van der Waals surface area contributed by atoms with E-state index in [-0.39, 0.29) is 19.6 Å². The minimum Gasteiger partial charge on any atom is -0.480 e. The average molecular weight is 184 g/mol. The van der Waals surface area contributed by atoms with E-state index in [1.807, 2.05) is 0 Å². The first-order valence-corrected chi connectivity index (χ1v) is 3.68. The van der Waals surface area contributed by atoms with Crippen LogP contribution in [0.5, 0.6) is 0 Å². The summed E-state index contributed by atoms with van der Waals surface area (Å²) in [6.45, 7) is 1.58. The van der Waals surface area contributed by atoms with E-state index >= 15 is 0 Å². The predicted octanol–water partition coefficient (Wildman–Crippen LogP) is -1.12. The van der Waals surface area contributed by atoms with Crippen LogP contribution in [0.3, 0.4) is 0 Å². The molecule has 0 aliphatic heterocycles. The van der Waals surface area contributed by atoms with E-state index in [0.29, 0.717) is 0 Å². The highest BCUT2D eigenvalue weighted by Gasteiger charge is 2.10. The van der Waals surface area contributed by atoms with Gasteiger partial charge in [0.1, 0.15) is 0 Å². The number of primary amides is 1. The number of nitrogens with two attached hydrogens (primary N) is 1. The number of rotatable bonds is 5. The molecule has 0 saturated carbocycles. The largest absolute Gasteiger partial charge is 0.480 e. The summed E-state index contributed by atoms with van der Waals surface area (Å²) in [5.41, 5.74) is 4.92. The van der Waals surface area contributed by atoms with Gasteiger partial charge in [0, 0.05) is 0 Å². The Morgan fingerprint density at radius 3 is 2.46 bits per heavy atom. The first kappa shape index (κ1) is 11.5. The molecule has 0 rings (SSSR count). The molecule has 0 aliphatic carbocycles. The maximum absolute atomic E-state index is 10.5. The van der Waals surface area contributed by atoms with Gasteiger partial charge in [-0.1, -0.05) is 5.92 Å². The van der Waals surface area contributed by atoms with Gasteiger partial charge < -0.3 is 10.8 Å². The van der Waals surface area contributed by atoms with Gasteiger partial charge >= 0.3 is 5.97 Å². The fourth-order valence-electron chi connectivity index (χ4n) is 0.770. The van der Waals surface area contributed by atoms with E-state index in [4.69, 9.17) is 10.8 Å². The lowest BCUT2D eigenvalue weighted by molar-refractivity contribution is -0.138. The normalized spacial score (nSPS) is 9.08. The zero-order valence-electron chi connectivity index (χ0n) is 7.41. The molecule has 0 atom stereocenters. The molecule has 0 heterocycles. The molecule has 72 valence electrons. The van der Waals surface area contributed by atoms with Gasteiger partial charge in [-0.25, -0.2) is 0 Å². The van der Waals surface area contributed by atoms with Crippen LogP contribution in [0, 0.1) is 11.8 Å². The summed E-state index contributed by atoms with van der Waals surface area (Å²) in [4.78, 5) is 22.2. The topological polar surface area (TPSA) is 83.6 Å². The molecule has 0 aromatic rings. The molecule has 5 nitrogen and oxygen atoms in total. The number of amides is 1. The summed E-state index contributed by atoms with van der Waals surface area (Å²) < 4.78 is 0. The standard InChI is InChI=1S/C8H12N2O3/c1-2-3-4-10(5-7(9)11)6-8(12)13/h4-6H2,1H3,(H2,9,11)(H,12,13). The lowest BCUT2D eigenvalue weighted by Crippen LogP contribution is -2.37. The zero-order valence-corrected chi connectivity index (χ0v) is 7.41. The summed E-state index contributed by atoms with van der Waals surface area (Å²) >= 11 is 0. The average Bonchev–Trinajstić information content (AvgIpc) is 1.98. The van der Waals surface area contributed by atoms with Gasteiger partial charge in [-0.05, 0) is 6.92 Å². The van der Waals surface area contributed by atoms with Crippen LogP contribution in [0.4, 0.5) is 0 Å². The summed E-state index contributed by atoms with van der Waals surface area (Å²) in [5, 5.41) is 8.45. The van der Waals surface area contributed by atoms with Gasteiger partial charge in [0.15, 0.2) is 0 Å². The molecule has 0 aromatic heterocycles. The van der Waals surface area contributed by atoms with Crippen LogP contribution in [0.25, 0.3) is 0 Å². The number of nitrogens with zero attached hydrogens (tertiary/aromatic N) is 1. The fourth-order valence-corrected chi connectivity index (χ4v) is 0.770. The van der Waals surface area contributed by atoms with Crippen LogP contribution < -0.4 is 5.73 Å². The highest BCUT2D eigenvalue weighted by Crippen LogP contribution is 1.85. The van der Waals surface area contributed by atoms with Crippen LogP contribution in [0.2, 0.25) is 0 Å². The fraction of sp³-hybridized carbons (Fsp3) is 0.500. The third kappa shape index (κ3) is 6.84. The van der Waals surface area contributed by atoms with Crippen LogP contribution in [0.15, 0.2) is 0 Å². The van der Waals surface area contributed by atoms with Crippen molar-refractivity contribution in [1.29, 1.82) is 0 Å². The molecule has 0 aliphatic rings. The van der Waals surface area contributed by atoms with Gasteiger partial charge in [-0.15, -0.1) is 5.92 Å². The first-order chi connectivity index (χ1) is 6.06. The number of aliphatic carboxylic acids is 1. The van der Waals surface area contributed by atoms with Gasteiger partial charge in [0.05, 0.1) is 19.6 Å². The second kappa shape index (κ2) is 6.03. The molecule has 1 amide bonds. The molecule has 13 heavy (non-hydrogen) atoms. The van der Waals surface area contributed by atoms with Crippen molar-refractivity contribution < 1.29 is 14.7 Å². The van der Waals surface area contributed by atoms with E-state index in [1.54, 1.807) is 6.92 Å². The summed E-state index contributed by atoms with van der Waals surface area (Å²) in [7, 11) is 0. The molecule has 0 radical (unpaired) electrons. The van der Waals surface area contributed by atoms with Crippen molar-refractivity contribution in [2.75, 3.05) is 19.6 Å². The molecule has 0 unspecified atom stereocenters. The van der Waals surface area contributed by atoms with Crippen molar-refractivity contribution in [1.82, 2.24) is 4.90 Å². The smallest absolute Gasteiger partial charge is 0.317 e. The van der Waals surface area contributed by atoms with E-state index in [1.165, 1.54) is 4.90 Å². The van der Waals surface area contributed by atoms with Crippen molar-refractivity contribution in [2.45, 2.75) is 6.92 Å². The molecule has 3 N–H and O–H groups in total.